The van der Waals surface area contributed by atoms with E-state index in [2.05, 4.69) is 5.32 Å². The first-order valence-corrected chi connectivity index (χ1v) is 6.40. The number of carbonyl (C=O) groups excluding carboxylic acids is 1. The van der Waals surface area contributed by atoms with Gasteiger partial charge in [-0.1, -0.05) is 31.5 Å². The van der Waals surface area contributed by atoms with Crippen molar-refractivity contribution in [3.05, 3.63) is 29.8 Å². The van der Waals surface area contributed by atoms with Gasteiger partial charge in [0.25, 0.3) is 0 Å². The molecule has 5 heteroatoms. The van der Waals surface area contributed by atoms with Crippen molar-refractivity contribution >= 4 is 17.6 Å². The van der Waals surface area contributed by atoms with Crippen molar-refractivity contribution in [2.24, 2.45) is 0 Å². The Bertz CT molecular complexity index is 446. The molecule has 1 atom stereocenters. The van der Waals surface area contributed by atoms with Crippen molar-refractivity contribution in [3.63, 3.8) is 0 Å². The number of para-hydroxylation sites is 1. The van der Waals surface area contributed by atoms with Crippen LogP contribution in [0.2, 0.25) is 0 Å². The monoisotopic (exact) mass is 264 g/mol. The minimum absolute atomic E-state index is 0.238. The van der Waals surface area contributed by atoms with Crippen LogP contribution in [0, 0.1) is 0 Å². The first-order valence-electron chi connectivity index (χ1n) is 6.40. The second-order valence-electron chi connectivity index (χ2n) is 4.45. The van der Waals surface area contributed by atoms with E-state index in [1.807, 2.05) is 25.1 Å². The number of rotatable bonds is 7. The molecule has 1 rings (SSSR count). The third-order valence-electron chi connectivity index (χ3n) is 2.89. The summed E-state index contributed by atoms with van der Waals surface area (Å²) in [6.07, 6.45) is 1.90. The second kappa shape index (κ2) is 7.41. The van der Waals surface area contributed by atoms with Crippen molar-refractivity contribution in [2.75, 3.05) is 5.73 Å². The highest BCUT2D eigenvalue weighted by molar-refractivity contribution is 5.83. The van der Waals surface area contributed by atoms with E-state index in [1.54, 1.807) is 6.07 Å². The van der Waals surface area contributed by atoms with Crippen molar-refractivity contribution < 1.29 is 14.7 Å². The predicted molar refractivity (Wildman–Crippen MR) is 73.6 cm³/mol. The van der Waals surface area contributed by atoms with Gasteiger partial charge in [0, 0.05) is 12.1 Å². The molecule has 0 saturated carbocycles. The minimum Gasteiger partial charge on any atom is -0.480 e. The Balaban J connectivity index is 2.47. The molecule has 1 aromatic rings. The summed E-state index contributed by atoms with van der Waals surface area (Å²) in [7, 11) is 0. The number of anilines is 1. The molecule has 0 spiro atoms. The summed E-state index contributed by atoms with van der Waals surface area (Å²) in [6.45, 7) is 1.88. The lowest BCUT2D eigenvalue weighted by molar-refractivity contribution is -0.142. The van der Waals surface area contributed by atoms with Crippen molar-refractivity contribution in [1.29, 1.82) is 0 Å². The van der Waals surface area contributed by atoms with E-state index in [-0.39, 0.29) is 12.3 Å². The second-order valence-corrected chi connectivity index (χ2v) is 4.45. The fourth-order valence-corrected chi connectivity index (χ4v) is 1.82. The average molecular weight is 264 g/mol. The number of nitrogen functional groups attached to an aromatic ring is 1. The molecule has 19 heavy (non-hydrogen) atoms. The molecule has 0 bridgehead atoms. The number of carboxylic acid groups (broad SMARTS) is 1. The van der Waals surface area contributed by atoms with Gasteiger partial charge in [-0.2, -0.15) is 0 Å². The number of benzene rings is 1. The number of nitrogens with one attached hydrogen (secondary N) is 1. The average Bonchev–Trinajstić information content (AvgIpc) is 2.37. The zero-order chi connectivity index (χ0) is 14.3. The molecule has 0 unspecified atom stereocenters. The van der Waals surface area contributed by atoms with Crippen LogP contribution in [0.25, 0.3) is 0 Å². The molecular formula is C14H20N2O3. The maximum atomic E-state index is 11.7. The third kappa shape index (κ3) is 4.99. The summed E-state index contributed by atoms with van der Waals surface area (Å²) in [4.78, 5) is 22.6. The molecule has 104 valence electrons. The largest absolute Gasteiger partial charge is 0.480 e. The predicted octanol–water partition coefficient (Wildman–Crippen LogP) is 1.57. The van der Waals surface area contributed by atoms with E-state index in [4.69, 9.17) is 10.8 Å². The molecule has 1 aromatic carbocycles. The molecule has 0 heterocycles. The van der Waals surface area contributed by atoms with Crippen LogP contribution >= 0.6 is 0 Å². The number of carbonyl (C=O) groups is 2. The standard InChI is InChI=1S/C14H20N2O3/c1-2-5-12(14(18)19)16-13(17)9-8-10-6-3-4-7-11(10)15/h3-4,6-7,12H,2,5,8-9,15H2,1H3,(H,16,17)(H,18,19)/t12-/m1/s1. The number of nitrogens with two attached hydrogens (primary N) is 1. The quantitative estimate of drug-likeness (QED) is 0.652. The van der Waals surface area contributed by atoms with Crippen LogP contribution in [0.5, 0.6) is 0 Å². The normalized spacial score (nSPS) is 11.8. The van der Waals surface area contributed by atoms with E-state index in [1.165, 1.54) is 0 Å². The molecule has 0 aromatic heterocycles. The fourth-order valence-electron chi connectivity index (χ4n) is 1.82. The maximum Gasteiger partial charge on any atom is 0.326 e. The van der Waals surface area contributed by atoms with E-state index >= 15 is 0 Å². The molecular weight excluding hydrogens is 244 g/mol. The summed E-state index contributed by atoms with van der Waals surface area (Å²) < 4.78 is 0. The molecule has 0 fully saturated rings. The lowest BCUT2D eigenvalue weighted by atomic mass is 10.1. The summed E-state index contributed by atoms with van der Waals surface area (Å²) in [5.74, 6) is -1.25. The molecule has 1 amide bonds. The maximum absolute atomic E-state index is 11.7. The zero-order valence-corrected chi connectivity index (χ0v) is 11.1. The van der Waals surface area contributed by atoms with Crippen LogP contribution in [0.1, 0.15) is 31.7 Å². The number of hydrogen-bond donors (Lipinski definition) is 3. The van der Waals surface area contributed by atoms with E-state index in [0.717, 1.165) is 5.56 Å². The van der Waals surface area contributed by atoms with Gasteiger partial charge < -0.3 is 16.2 Å². The van der Waals surface area contributed by atoms with Crippen LogP contribution in [-0.4, -0.2) is 23.0 Å². The fraction of sp³-hybridized carbons (Fsp3) is 0.429. The number of aryl methyl sites for hydroxylation is 1. The van der Waals surface area contributed by atoms with Gasteiger partial charge in [0.15, 0.2) is 0 Å². The summed E-state index contributed by atoms with van der Waals surface area (Å²) in [6, 6.07) is 6.54. The summed E-state index contributed by atoms with van der Waals surface area (Å²) in [5.41, 5.74) is 7.33. The van der Waals surface area contributed by atoms with E-state index in [9.17, 15) is 9.59 Å². The lowest BCUT2D eigenvalue weighted by Gasteiger charge is -2.13. The van der Waals surface area contributed by atoms with E-state index < -0.39 is 12.0 Å². The Hall–Kier alpha value is -2.04. The molecule has 0 saturated heterocycles. The Kier molecular flexibility index (Phi) is 5.85. The highest BCUT2D eigenvalue weighted by Crippen LogP contribution is 2.12. The molecule has 0 aliphatic heterocycles. The van der Waals surface area contributed by atoms with Crippen molar-refractivity contribution in [2.45, 2.75) is 38.6 Å². The van der Waals surface area contributed by atoms with Crippen molar-refractivity contribution in [1.82, 2.24) is 5.32 Å². The molecule has 5 nitrogen and oxygen atoms in total. The highest BCUT2D eigenvalue weighted by atomic mass is 16.4. The number of hydrogen-bond acceptors (Lipinski definition) is 3. The minimum atomic E-state index is -0.991. The summed E-state index contributed by atoms with van der Waals surface area (Å²) in [5, 5.41) is 11.5. The highest BCUT2D eigenvalue weighted by Gasteiger charge is 2.18. The first kappa shape index (κ1) is 15.0. The van der Waals surface area contributed by atoms with Crippen LogP contribution < -0.4 is 11.1 Å². The lowest BCUT2D eigenvalue weighted by Crippen LogP contribution is -2.40. The van der Waals surface area contributed by atoms with Crippen LogP contribution in [-0.2, 0) is 16.0 Å². The number of carboxylic acids is 1. The van der Waals surface area contributed by atoms with Gasteiger partial charge >= 0.3 is 5.97 Å². The molecule has 0 radical (unpaired) electrons. The van der Waals surface area contributed by atoms with Crippen molar-refractivity contribution in [3.8, 4) is 0 Å². The summed E-state index contributed by atoms with van der Waals surface area (Å²) >= 11 is 0. The van der Waals surface area contributed by atoms with Gasteiger partial charge in [-0.25, -0.2) is 4.79 Å². The Morgan fingerprint density at radius 3 is 2.63 bits per heavy atom. The smallest absolute Gasteiger partial charge is 0.326 e. The molecule has 0 aliphatic carbocycles. The van der Waals surface area contributed by atoms with Crippen LogP contribution in [0.3, 0.4) is 0 Å². The van der Waals surface area contributed by atoms with Crippen LogP contribution in [0.15, 0.2) is 24.3 Å². The van der Waals surface area contributed by atoms with Crippen LogP contribution in [0.4, 0.5) is 5.69 Å². The van der Waals surface area contributed by atoms with Gasteiger partial charge in [-0.05, 0) is 24.5 Å². The van der Waals surface area contributed by atoms with Gasteiger partial charge in [0.1, 0.15) is 6.04 Å². The SMILES string of the molecule is CCC[C@@H](NC(=O)CCc1ccccc1N)C(=O)O. The zero-order valence-electron chi connectivity index (χ0n) is 11.1. The Morgan fingerprint density at radius 2 is 2.05 bits per heavy atom. The molecule has 0 aliphatic rings. The topological polar surface area (TPSA) is 92.4 Å². The van der Waals surface area contributed by atoms with Gasteiger partial charge in [0.2, 0.25) is 5.91 Å². The Morgan fingerprint density at radius 1 is 1.37 bits per heavy atom. The van der Waals surface area contributed by atoms with Gasteiger partial charge in [0.05, 0.1) is 0 Å². The van der Waals surface area contributed by atoms with Gasteiger partial charge in [-0.15, -0.1) is 0 Å². The number of amides is 1. The van der Waals surface area contributed by atoms with E-state index in [0.29, 0.717) is 24.9 Å². The first-order chi connectivity index (χ1) is 9.04. The number of aliphatic carboxylic acids is 1. The molecule has 4 N–H and O–H groups in total. The van der Waals surface area contributed by atoms with Gasteiger partial charge in [-0.3, -0.25) is 4.79 Å². The Labute approximate surface area is 112 Å². The third-order valence-corrected chi connectivity index (χ3v) is 2.89.